The fraction of sp³-hybridized carbons (Fsp3) is 0.217. The van der Waals surface area contributed by atoms with Crippen LogP contribution in [-0.2, 0) is 19.4 Å². The van der Waals surface area contributed by atoms with Gasteiger partial charge >= 0.3 is 0 Å². The number of benzene rings is 6. The van der Waals surface area contributed by atoms with Crippen LogP contribution in [-0.4, -0.2) is 37.0 Å². The first kappa shape index (κ1) is 36.2. The van der Waals surface area contributed by atoms with Crippen LogP contribution in [0.25, 0.3) is 0 Å². The molecule has 0 amide bonds. The van der Waals surface area contributed by atoms with Gasteiger partial charge in [-0.2, -0.15) is 0 Å². The molecule has 0 aliphatic carbocycles. The van der Waals surface area contributed by atoms with E-state index in [0.717, 1.165) is 5.56 Å². The van der Waals surface area contributed by atoms with Gasteiger partial charge in [0.1, 0.15) is 0 Å². The summed E-state index contributed by atoms with van der Waals surface area (Å²) in [6.45, 7) is 13.0. The third-order valence-electron chi connectivity index (χ3n) is 11.5. The fourth-order valence-corrected chi connectivity index (χ4v) is 48.7. The quantitative estimate of drug-likeness (QED) is 0.157. The van der Waals surface area contributed by atoms with Gasteiger partial charge < -0.3 is 13.6 Å². The van der Waals surface area contributed by atoms with Gasteiger partial charge in [0.25, 0.3) is 7.83 Å². The number of hydrogen-bond acceptors (Lipinski definition) is 3. The van der Waals surface area contributed by atoms with Gasteiger partial charge in [0.2, 0.25) is 7.83 Å². The molecule has 0 radical (unpaired) electrons. The van der Waals surface area contributed by atoms with E-state index >= 15 is 0 Å². The molecule has 0 N–H and O–H groups in total. The van der Waals surface area contributed by atoms with Crippen molar-refractivity contribution >= 4 is 48.7 Å². The summed E-state index contributed by atoms with van der Waals surface area (Å²) in [6, 6.07) is 56.0. The topological polar surface area (TPSA) is 27.7 Å². The molecule has 0 bridgehead atoms. The lowest BCUT2D eigenvalue weighted by Crippen LogP contribution is -3.01. The molecule has 1 heterocycles. The smallest absolute Gasteiger partial charge is 0.255 e. The van der Waals surface area contributed by atoms with Crippen LogP contribution in [0.4, 0.5) is 0 Å². The highest BCUT2D eigenvalue weighted by atomic mass is 29.7. The number of hydrogen-bond donors (Lipinski definition) is 0. The maximum absolute atomic E-state index is 8.41. The molecule has 7 rings (SSSR count). The molecule has 0 saturated carbocycles. The third kappa shape index (κ3) is 5.64. The summed E-state index contributed by atoms with van der Waals surface area (Å²) in [5.41, 5.74) is 8.35. The van der Waals surface area contributed by atoms with Gasteiger partial charge in [-0.1, -0.05) is 189 Å². The van der Waals surface area contributed by atoms with Crippen LogP contribution in [0.1, 0.15) is 38.9 Å². The summed E-state index contributed by atoms with van der Waals surface area (Å²) in [4.78, 5) is 0. The SMILES string of the molecule is COC1(c2ccc(C)cc2)C[Si](OC)(c2ccc(C)cc2)[Si](c2ccc(C)cc2)(c2ccc(C)cc2)[Si](c2ccc(C)cc2)(c2ccc(C)cc2)O1. The summed E-state index contributed by atoms with van der Waals surface area (Å²) in [5, 5.41) is 6.45. The lowest BCUT2D eigenvalue weighted by Gasteiger charge is -2.63. The van der Waals surface area contributed by atoms with Gasteiger partial charge in [-0.25, -0.2) is 0 Å². The highest BCUT2D eigenvalue weighted by Gasteiger charge is 2.79. The molecule has 1 fully saturated rings. The Labute approximate surface area is 313 Å². The van der Waals surface area contributed by atoms with Crippen molar-refractivity contribution in [2.45, 2.75) is 53.4 Å². The largest absolute Gasteiger partial charge is 0.417 e. The monoisotopic (exact) mass is 734 g/mol. The minimum Gasteiger partial charge on any atom is -0.417 e. The number of aryl methyl sites for hydroxylation is 6. The summed E-state index contributed by atoms with van der Waals surface area (Å²) >= 11 is 0. The predicted molar refractivity (Wildman–Crippen MR) is 224 cm³/mol. The summed E-state index contributed by atoms with van der Waals surface area (Å²) in [6.07, 6.45) is 0. The van der Waals surface area contributed by atoms with Crippen molar-refractivity contribution in [2.75, 3.05) is 14.2 Å². The van der Waals surface area contributed by atoms with Crippen LogP contribution >= 0.6 is 0 Å². The molecule has 1 saturated heterocycles. The standard InChI is InChI=1S/C46H50O3Si3/c1-34-9-21-40(22-10-34)46(47-7)33-50(48-8,41-23-11-35(2)12-24-41)52(44-29-17-38(5)18-30-44,45-31-19-39(6)20-32-45)51(49-46,42-25-13-36(3)14-26-42)43-27-15-37(4)16-28-43/h9-32H,33H2,1-8H3. The minimum atomic E-state index is -3.53. The Hall–Kier alpha value is -4.15. The summed E-state index contributed by atoms with van der Waals surface area (Å²) < 4.78 is 23.0. The lowest BCUT2D eigenvalue weighted by molar-refractivity contribution is -0.163. The third-order valence-corrected chi connectivity index (χ3v) is 43.1. The van der Waals surface area contributed by atoms with E-state index in [1.165, 1.54) is 59.3 Å². The first-order valence-corrected chi connectivity index (χ1v) is 26.3. The second-order valence-electron chi connectivity index (χ2n) is 14.9. The van der Waals surface area contributed by atoms with E-state index in [-0.39, 0.29) is 0 Å². The minimum absolute atomic E-state index is 0.597. The number of rotatable bonds is 8. The van der Waals surface area contributed by atoms with Gasteiger partial charge in [-0.15, -0.1) is 0 Å². The maximum Gasteiger partial charge on any atom is 0.255 e. The van der Waals surface area contributed by atoms with Gasteiger partial charge in [0.05, 0.1) is 0 Å². The first-order valence-electron chi connectivity index (χ1n) is 18.3. The molecule has 52 heavy (non-hydrogen) atoms. The Morgan fingerprint density at radius 1 is 0.423 bits per heavy atom. The first-order chi connectivity index (χ1) is 25.0. The van der Waals surface area contributed by atoms with E-state index in [1.54, 1.807) is 0 Å². The zero-order valence-electron chi connectivity index (χ0n) is 31.8. The normalized spacial score (nSPS) is 20.8. The van der Waals surface area contributed by atoms with Gasteiger partial charge in [-0.05, 0) is 57.1 Å². The highest BCUT2D eigenvalue weighted by molar-refractivity contribution is 7.81. The molecule has 6 aromatic rings. The molecule has 0 spiro atoms. The van der Waals surface area contributed by atoms with Crippen molar-refractivity contribution in [1.82, 2.24) is 0 Å². The second-order valence-corrected chi connectivity index (χ2v) is 33.8. The molecule has 6 heteroatoms. The summed E-state index contributed by atoms with van der Waals surface area (Å²) in [5.74, 6) is -1.09. The Balaban J connectivity index is 1.80. The van der Waals surface area contributed by atoms with Crippen LogP contribution in [0.15, 0.2) is 146 Å². The number of ether oxygens (including phenoxy) is 1. The fourth-order valence-electron chi connectivity index (χ4n) is 8.73. The Kier molecular flexibility index (Phi) is 9.76. The average Bonchev–Trinajstić information content (AvgIpc) is 3.16. The zero-order chi connectivity index (χ0) is 36.7. The van der Waals surface area contributed by atoms with Crippen LogP contribution < -0.4 is 25.9 Å². The zero-order valence-corrected chi connectivity index (χ0v) is 34.8. The Bertz CT molecular complexity index is 2050. The number of methoxy groups -OCH3 is 1. The molecule has 2 atom stereocenters. The van der Waals surface area contributed by atoms with Crippen LogP contribution in [0.5, 0.6) is 0 Å². The van der Waals surface area contributed by atoms with Gasteiger partial charge in [-0.3, -0.25) is 0 Å². The average molecular weight is 735 g/mol. The molecule has 0 aromatic heterocycles. The molecule has 1 aliphatic heterocycles. The highest BCUT2D eigenvalue weighted by Crippen LogP contribution is 2.49. The molecule has 2 unspecified atom stereocenters. The Morgan fingerprint density at radius 2 is 0.731 bits per heavy atom. The molecule has 1 aliphatic rings. The van der Waals surface area contributed by atoms with Crippen molar-refractivity contribution in [3.63, 3.8) is 0 Å². The molecule has 264 valence electrons. The van der Waals surface area contributed by atoms with Crippen LogP contribution in [0.2, 0.25) is 6.04 Å². The Morgan fingerprint density at radius 3 is 1.06 bits per heavy atom. The van der Waals surface area contributed by atoms with Crippen molar-refractivity contribution in [1.29, 1.82) is 0 Å². The van der Waals surface area contributed by atoms with Crippen molar-refractivity contribution < 1.29 is 13.6 Å². The molecular weight excluding hydrogens is 685 g/mol. The van der Waals surface area contributed by atoms with E-state index in [4.69, 9.17) is 13.6 Å². The van der Waals surface area contributed by atoms with Crippen molar-refractivity contribution in [3.05, 3.63) is 185 Å². The van der Waals surface area contributed by atoms with Gasteiger partial charge in [0.15, 0.2) is 12.9 Å². The van der Waals surface area contributed by atoms with Crippen LogP contribution in [0, 0.1) is 41.5 Å². The molecule has 3 nitrogen and oxygen atoms in total. The van der Waals surface area contributed by atoms with Gasteiger partial charge in [0, 0.05) is 25.8 Å². The van der Waals surface area contributed by atoms with E-state index in [2.05, 4.69) is 187 Å². The second kappa shape index (κ2) is 14.0. The lowest BCUT2D eigenvalue weighted by atomic mass is 10.1. The van der Waals surface area contributed by atoms with Crippen molar-refractivity contribution in [3.8, 4) is 0 Å². The van der Waals surface area contributed by atoms with E-state index < -0.39 is 28.6 Å². The van der Waals surface area contributed by atoms with E-state index in [0.29, 0.717) is 6.04 Å². The van der Waals surface area contributed by atoms with E-state index in [9.17, 15) is 0 Å². The molecular formula is C46H50O3Si3. The van der Waals surface area contributed by atoms with Crippen molar-refractivity contribution in [2.24, 2.45) is 0 Å². The molecule has 6 aromatic carbocycles. The predicted octanol–water partition coefficient (Wildman–Crippen LogP) is 7.05. The maximum atomic E-state index is 8.41. The van der Waals surface area contributed by atoms with Crippen LogP contribution in [0.3, 0.4) is 0 Å². The van der Waals surface area contributed by atoms with E-state index in [1.807, 2.05) is 14.2 Å². The summed E-state index contributed by atoms with van der Waals surface area (Å²) in [7, 11) is -6.30.